The molecule has 0 bridgehead atoms. The zero-order valence-electron chi connectivity index (χ0n) is 24.1. The van der Waals surface area contributed by atoms with Crippen molar-refractivity contribution in [1.82, 2.24) is 9.71 Å². The summed E-state index contributed by atoms with van der Waals surface area (Å²) in [5, 5.41) is 10.7. The van der Waals surface area contributed by atoms with Gasteiger partial charge in [0.25, 0.3) is 5.60 Å². The number of aromatic nitrogens is 1. The van der Waals surface area contributed by atoms with E-state index in [1.54, 1.807) is 36.4 Å². The number of thiophene rings is 1. The first-order valence-electron chi connectivity index (χ1n) is 13.4. The van der Waals surface area contributed by atoms with Gasteiger partial charge in [-0.1, -0.05) is 48.0 Å². The van der Waals surface area contributed by atoms with Crippen molar-refractivity contribution < 1.29 is 49.3 Å². The van der Waals surface area contributed by atoms with Gasteiger partial charge in [0.1, 0.15) is 0 Å². The molecule has 1 atom stereocenters. The molecule has 2 N–H and O–H groups in total. The lowest BCUT2D eigenvalue weighted by atomic mass is 9.91. The molecule has 0 fully saturated rings. The monoisotopic (exact) mass is 716 g/mol. The van der Waals surface area contributed by atoms with E-state index in [0.717, 1.165) is 17.5 Å². The minimum Gasteiger partial charge on any atom is -0.493 e. The highest BCUT2D eigenvalue weighted by Gasteiger charge is 2.71. The van der Waals surface area contributed by atoms with Crippen molar-refractivity contribution in [3.05, 3.63) is 106 Å². The number of sulfonamides is 1. The molecule has 5 aromatic rings. The Hall–Kier alpha value is -3.89. The van der Waals surface area contributed by atoms with Crippen LogP contribution in [0.15, 0.2) is 90.0 Å². The van der Waals surface area contributed by atoms with Gasteiger partial charge in [-0.15, -0.1) is 11.3 Å². The fourth-order valence-corrected chi connectivity index (χ4v) is 7.69. The lowest BCUT2D eigenvalue weighted by molar-refractivity contribution is -0.376. The van der Waals surface area contributed by atoms with Gasteiger partial charge >= 0.3 is 12.4 Å². The highest BCUT2D eigenvalue weighted by atomic mass is 35.5. The van der Waals surface area contributed by atoms with E-state index in [9.17, 15) is 39.9 Å². The second-order valence-corrected chi connectivity index (χ2v) is 13.3. The zero-order valence-corrected chi connectivity index (χ0v) is 26.5. The Labute approximate surface area is 273 Å². The van der Waals surface area contributed by atoms with Crippen LogP contribution in [-0.4, -0.2) is 45.1 Å². The van der Waals surface area contributed by atoms with Crippen molar-refractivity contribution in [2.24, 2.45) is 0 Å². The average Bonchev–Trinajstić information content (AvgIpc) is 3.46. The smallest absolute Gasteiger partial charge is 0.430 e. The largest absolute Gasteiger partial charge is 0.493 e. The molecule has 2 aromatic heterocycles. The van der Waals surface area contributed by atoms with Gasteiger partial charge in [-0.25, -0.2) is 8.42 Å². The van der Waals surface area contributed by atoms with E-state index in [0.29, 0.717) is 38.4 Å². The van der Waals surface area contributed by atoms with E-state index in [1.165, 1.54) is 44.6 Å². The average molecular weight is 717 g/mol. The number of rotatable bonds is 9. The molecule has 0 saturated heterocycles. The molecule has 47 heavy (non-hydrogen) atoms. The summed E-state index contributed by atoms with van der Waals surface area (Å²) in [5.74, 6) is 0.460. The van der Waals surface area contributed by atoms with Crippen LogP contribution in [0.5, 0.6) is 11.5 Å². The Balaban J connectivity index is 1.64. The second kappa shape index (κ2) is 12.6. The Morgan fingerprint density at radius 2 is 1.55 bits per heavy atom. The predicted molar refractivity (Wildman–Crippen MR) is 164 cm³/mol. The van der Waals surface area contributed by atoms with Crippen LogP contribution >= 0.6 is 22.9 Å². The van der Waals surface area contributed by atoms with Crippen LogP contribution in [0, 0.1) is 0 Å². The van der Waals surface area contributed by atoms with E-state index >= 15 is 0 Å². The molecule has 0 spiro atoms. The molecular weight excluding hydrogens is 694 g/mol. The highest BCUT2D eigenvalue weighted by molar-refractivity contribution is 7.89. The van der Waals surface area contributed by atoms with Crippen molar-refractivity contribution in [3.8, 4) is 22.8 Å². The van der Waals surface area contributed by atoms with Gasteiger partial charge in [-0.2, -0.15) is 31.1 Å². The maximum Gasteiger partial charge on any atom is 0.430 e. The Kier molecular flexibility index (Phi) is 9.25. The van der Waals surface area contributed by atoms with E-state index < -0.39 is 39.6 Å². The number of benzene rings is 3. The number of nitrogens with one attached hydrogen (secondary N) is 1. The summed E-state index contributed by atoms with van der Waals surface area (Å²) in [7, 11) is -1.53. The summed E-state index contributed by atoms with van der Waals surface area (Å²) < 4.78 is 123. The molecule has 248 valence electrons. The molecule has 2 heterocycles. The van der Waals surface area contributed by atoms with Crippen LogP contribution in [0.3, 0.4) is 0 Å². The van der Waals surface area contributed by atoms with Gasteiger partial charge in [0.15, 0.2) is 11.5 Å². The highest BCUT2D eigenvalue weighted by Crippen LogP contribution is 2.50. The fourth-order valence-electron chi connectivity index (χ4n) is 4.91. The Morgan fingerprint density at radius 1 is 0.872 bits per heavy atom. The Morgan fingerprint density at radius 3 is 2.19 bits per heavy atom. The van der Waals surface area contributed by atoms with E-state index in [2.05, 4.69) is 9.71 Å². The third-order valence-electron chi connectivity index (χ3n) is 7.28. The number of ether oxygens (including phenoxy) is 2. The summed E-state index contributed by atoms with van der Waals surface area (Å²) in [6.45, 7) is 0. The third kappa shape index (κ3) is 6.37. The van der Waals surface area contributed by atoms with Crippen LogP contribution in [0.1, 0.15) is 22.0 Å². The molecule has 5 rings (SSSR count). The van der Waals surface area contributed by atoms with Crippen LogP contribution in [0.25, 0.3) is 21.3 Å². The third-order valence-corrected chi connectivity index (χ3v) is 10.3. The van der Waals surface area contributed by atoms with Crippen LogP contribution in [-0.2, 0) is 15.6 Å². The zero-order chi connectivity index (χ0) is 34.4. The number of hydrogen-bond acceptors (Lipinski definition) is 7. The molecule has 7 nitrogen and oxygen atoms in total. The molecule has 0 aliphatic heterocycles. The molecule has 3 aromatic carbocycles. The molecule has 0 saturated carbocycles. The maximum atomic E-state index is 13.7. The molecule has 0 unspecified atom stereocenters. The van der Waals surface area contributed by atoms with Crippen molar-refractivity contribution >= 4 is 43.0 Å². The standard InChI is InChI=1S/C31H23ClF6N2O5S2/c1-44-24-11-10-19(16-25(24)45-2)47(42,43)40-27(20-7-3-4-9-22(20)32)26-14-17-6-5-8-21(28(17)46-26)23-15-18(12-13-39-23)29(41,30(33,34)35)31(36,37)38/h3-16,27,40-41H,1-2H3/t27-/m1/s1. The van der Waals surface area contributed by atoms with Gasteiger partial charge in [0.05, 0.1) is 30.9 Å². The molecule has 0 radical (unpaired) electrons. The first-order chi connectivity index (χ1) is 22.0. The normalized spacial score (nSPS) is 13.5. The molecule has 0 aliphatic carbocycles. The summed E-state index contributed by atoms with van der Waals surface area (Å²) in [6.07, 6.45) is -11.4. The van der Waals surface area contributed by atoms with Crippen molar-refractivity contribution in [2.45, 2.75) is 28.9 Å². The SMILES string of the molecule is COc1ccc(S(=O)(=O)N[C@@H](c2cc3cccc(-c4cc(C(O)(C(F)(F)F)C(F)(F)F)ccn4)c3s2)c2ccccc2Cl)cc1OC. The Bertz CT molecular complexity index is 2040. The van der Waals surface area contributed by atoms with Gasteiger partial charge in [0.2, 0.25) is 10.0 Å². The van der Waals surface area contributed by atoms with Crippen LogP contribution < -0.4 is 14.2 Å². The molecular formula is C31H23ClF6N2O5S2. The van der Waals surface area contributed by atoms with E-state index in [-0.39, 0.29) is 26.9 Å². The topological polar surface area (TPSA) is 97.8 Å². The number of fused-ring (bicyclic) bond motifs is 1. The van der Waals surface area contributed by atoms with Gasteiger partial charge in [-0.3, -0.25) is 4.98 Å². The van der Waals surface area contributed by atoms with Gasteiger partial charge in [-0.05, 0) is 47.3 Å². The minimum absolute atomic E-state index is 0.146. The number of pyridine rings is 1. The van der Waals surface area contributed by atoms with Crippen LogP contribution in [0.4, 0.5) is 26.3 Å². The maximum absolute atomic E-state index is 13.7. The van der Waals surface area contributed by atoms with Crippen molar-refractivity contribution in [3.63, 3.8) is 0 Å². The minimum atomic E-state index is -6.08. The lowest BCUT2D eigenvalue weighted by Crippen LogP contribution is -2.53. The number of halogens is 7. The quantitative estimate of drug-likeness (QED) is 0.150. The number of alkyl halides is 6. The first-order valence-corrected chi connectivity index (χ1v) is 16.0. The number of aliphatic hydroxyl groups is 1. The fraction of sp³-hybridized carbons (Fsp3) is 0.194. The summed E-state index contributed by atoms with van der Waals surface area (Å²) in [4.78, 5) is 4.24. The van der Waals surface area contributed by atoms with Crippen molar-refractivity contribution in [1.29, 1.82) is 0 Å². The van der Waals surface area contributed by atoms with Crippen LogP contribution in [0.2, 0.25) is 5.02 Å². The second-order valence-electron chi connectivity index (χ2n) is 10.1. The summed E-state index contributed by atoms with van der Waals surface area (Å²) >= 11 is 7.53. The van der Waals surface area contributed by atoms with Gasteiger partial charge < -0.3 is 14.6 Å². The predicted octanol–water partition coefficient (Wildman–Crippen LogP) is 8.01. The number of nitrogens with zero attached hydrogens (tertiary/aromatic N) is 1. The number of methoxy groups -OCH3 is 2. The molecule has 16 heteroatoms. The molecule has 0 aliphatic rings. The lowest BCUT2D eigenvalue weighted by Gasteiger charge is -2.32. The summed E-state index contributed by atoms with van der Waals surface area (Å²) in [6, 6.07) is 16.6. The summed E-state index contributed by atoms with van der Waals surface area (Å²) in [5.41, 5.74) is -6.38. The van der Waals surface area contributed by atoms with E-state index in [1.807, 2.05) is 0 Å². The molecule has 0 amide bonds. The first kappa shape index (κ1) is 34.4. The van der Waals surface area contributed by atoms with E-state index in [4.69, 9.17) is 21.1 Å². The van der Waals surface area contributed by atoms with Crippen molar-refractivity contribution in [2.75, 3.05) is 14.2 Å². The van der Waals surface area contributed by atoms with Gasteiger partial charge in [0, 0.05) is 38.0 Å². The number of hydrogen-bond donors (Lipinski definition) is 2.